The molecule has 1 unspecified atom stereocenters. The Hall–Kier alpha value is 0.440. The van der Waals surface area contributed by atoms with Gasteiger partial charge in [0.05, 0.1) is 6.10 Å². The summed E-state index contributed by atoms with van der Waals surface area (Å²) in [5, 5.41) is 1.12. The van der Waals surface area contributed by atoms with E-state index in [1.807, 2.05) is 0 Å². The summed E-state index contributed by atoms with van der Waals surface area (Å²) >= 11 is 3.49. The van der Waals surface area contributed by atoms with Crippen molar-refractivity contribution in [2.75, 3.05) is 11.9 Å². The van der Waals surface area contributed by atoms with E-state index in [0.717, 1.165) is 17.9 Å². The molecule has 1 aliphatic rings. The second-order valence-electron chi connectivity index (χ2n) is 6.11. The third-order valence-corrected chi connectivity index (χ3v) is 4.31. The van der Waals surface area contributed by atoms with Crippen molar-refractivity contribution in [1.29, 1.82) is 0 Å². The average Bonchev–Trinajstić information content (AvgIpc) is 2.21. The second-order valence-corrected chi connectivity index (χ2v) is 6.90. The van der Waals surface area contributed by atoms with E-state index in [4.69, 9.17) is 4.74 Å². The topological polar surface area (TPSA) is 9.23 Å². The third-order valence-electron chi connectivity index (χ3n) is 3.85. The Bertz CT molecular complexity index is 181. The molecule has 1 atom stereocenters. The van der Waals surface area contributed by atoms with Gasteiger partial charge in [0.25, 0.3) is 0 Å². The predicted molar refractivity (Wildman–Crippen MR) is 74.2 cm³/mol. The molecule has 0 bridgehead atoms. The second kappa shape index (κ2) is 7.00. The van der Waals surface area contributed by atoms with Gasteiger partial charge in [-0.15, -0.1) is 0 Å². The SMILES string of the molecule is CC(CCBr)CCOC1CCC(C)(C)CC1. The molecule has 0 aliphatic heterocycles. The molecule has 0 aromatic heterocycles. The number of ether oxygens (including phenoxy) is 1. The van der Waals surface area contributed by atoms with Crippen molar-refractivity contribution in [2.45, 2.75) is 65.4 Å². The summed E-state index contributed by atoms with van der Waals surface area (Å²) in [5.74, 6) is 0.791. The average molecular weight is 291 g/mol. The summed E-state index contributed by atoms with van der Waals surface area (Å²) < 4.78 is 5.98. The molecule has 96 valence electrons. The van der Waals surface area contributed by atoms with Crippen LogP contribution in [0.15, 0.2) is 0 Å². The Morgan fingerprint density at radius 2 is 1.88 bits per heavy atom. The molecular weight excluding hydrogens is 264 g/mol. The molecule has 0 aromatic rings. The summed E-state index contributed by atoms with van der Waals surface area (Å²) in [5.41, 5.74) is 0.559. The van der Waals surface area contributed by atoms with E-state index in [2.05, 4.69) is 36.7 Å². The Morgan fingerprint density at radius 1 is 1.25 bits per heavy atom. The molecule has 0 radical (unpaired) electrons. The Kier molecular flexibility index (Phi) is 6.35. The fourth-order valence-electron chi connectivity index (χ4n) is 2.31. The maximum Gasteiger partial charge on any atom is 0.0575 e. The quantitative estimate of drug-likeness (QED) is 0.640. The van der Waals surface area contributed by atoms with Crippen molar-refractivity contribution >= 4 is 15.9 Å². The molecule has 1 aliphatic carbocycles. The molecule has 1 nitrogen and oxygen atoms in total. The van der Waals surface area contributed by atoms with Crippen LogP contribution in [0.25, 0.3) is 0 Å². The van der Waals surface area contributed by atoms with Gasteiger partial charge < -0.3 is 4.74 Å². The summed E-state index contributed by atoms with van der Waals surface area (Å²) in [6, 6.07) is 0. The number of alkyl halides is 1. The van der Waals surface area contributed by atoms with Crippen LogP contribution in [0.4, 0.5) is 0 Å². The highest BCUT2D eigenvalue weighted by Gasteiger charge is 2.26. The van der Waals surface area contributed by atoms with Crippen LogP contribution in [0.3, 0.4) is 0 Å². The van der Waals surface area contributed by atoms with E-state index in [1.54, 1.807) is 0 Å². The van der Waals surface area contributed by atoms with Crippen LogP contribution in [-0.2, 0) is 4.74 Å². The molecule has 0 aromatic carbocycles. The van der Waals surface area contributed by atoms with Crippen molar-refractivity contribution < 1.29 is 4.74 Å². The fourth-order valence-corrected chi connectivity index (χ4v) is 3.09. The van der Waals surface area contributed by atoms with Gasteiger partial charge in [-0.1, -0.05) is 36.7 Å². The highest BCUT2D eigenvalue weighted by atomic mass is 79.9. The van der Waals surface area contributed by atoms with Crippen LogP contribution in [0.5, 0.6) is 0 Å². The minimum Gasteiger partial charge on any atom is -0.378 e. The first-order valence-electron chi connectivity index (χ1n) is 6.71. The molecule has 1 fully saturated rings. The smallest absolute Gasteiger partial charge is 0.0575 e. The zero-order chi connectivity index (χ0) is 12.0. The van der Waals surface area contributed by atoms with Crippen LogP contribution in [0.2, 0.25) is 0 Å². The Balaban J connectivity index is 2.06. The molecule has 1 rings (SSSR count). The van der Waals surface area contributed by atoms with Gasteiger partial charge in [0.1, 0.15) is 0 Å². The van der Waals surface area contributed by atoms with Gasteiger partial charge in [-0.2, -0.15) is 0 Å². The highest BCUT2D eigenvalue weighted by molar-refractivity contribution is 9.09. The normalized spacial score (nSPS) is 23.2. The van der Waals surface area contributed by atoms with Gasteiger partial charge >= 0.3 is 0 Å². The zero-order valence-electron chi connectivity index (χ0n) is 11.1. The number of rotatable bonds is 6. The third kappa shape index (κ3) is 5.67. The van der Waals surface area contributed by atoms with E-state index in [0.29, 0.717) is 11.5 Å². The van der Waals surface area contributed by atoms with Gasteiger partial charge in [0.15, 0.2) is 0 Å². The Labute approximate surface area is 109 Å². The van der Waals surface area contributed by atoms with Crippen molar-refractivity contribution in [3.8, 4) is 0 Å². The number of halogens is 1. The van der Waals surface area contributed by atoms with Gasteiger partial charge in [-0.3, -0.25) is 0 Å². The molecule has 0 saturated heterocycles. The molecule has 0 amide bonds. The fraction of sp³-hybridized carbons (Fsp3) is 1.00. The minimum absolute atomic E-state index is 0.546. The number of hydrogen-bond donors (Lipinski definition) is 0. The van der Waals surface area contributed by atoms with E-state index < -0.39 is 0 Å². The molecule has 2 heteroatoms. The van der Waals surface area contributed by atoms with E-state index in [9.17, 15) is 0 Å². The van der Waals surface area contributed by atoms with E-state index in [1.165, 1.54) is 38.5 Å². The monoisotopic (exact) mass is 290 g/mol. The lowest BCUT2D eigenvalue weighted by Gasteiger charge is -2.34. The van der Waals surface area contributed by atoms with Crippen molar-refractivity contribution in [2.24, 2.45) is 11.3 Å². The minimum atomic E-state index is 0.546. The first-order chi connectivity index (χ1) is 7.53. The van der Waals surface area contributed by atoms with Gasteiger partial charge in [0.2, 0.25) is 0 Å². The maximum atomic E-state index is 5.98. The van der Waals surface area contributed by atoms with Gasteiger partial charge in [-0.25, -0.2) is 0 Å². The largest absolute Gasteiger partial charge is 0.378 e. The predicted octanol–water partition coefficient (Wildman–Crippen LogP) is 4.78. The zero-order valence-corrected chi connectivity index (χ0v) is 12.7. The molecule has 1 saturated carbocycles. The molecule has 16 heavy (non-hydrogen) atoms. The van der Waals surface area contributed by atoms with Crippen LogP contribution in [0, 0.1) is 11.3 Å². The summed E-state index contributed by atoms with van der Waals surface area (Å²) in [6.45, 7) is 8.02. The summed E-state index contributed by atoms with van der Waals surface area (Å²) in [6.07, 6.45) is 8.21. The molecule has 0 spiro atoms. The molecular formula is C14H27BrO. The first-order valence-corrected chi connectivity index (χ1v) is 7.83. The Morgan fingerprint density at radius 3 is 2.44 bits per heavy atom. The van der Waals surface area contributed by atoms with E-state index >= 15 is 0 Å². The van der Waals surface area contributed by atoms with Crippen LogP contribution in [-0.4, -0.2) is 18.0 Å². The van der Waals surface area contributed by atoms with Crippen molar-refractivity contribution in [3.63, 3.8) is 0 Å². The molecule has 0 N–H and O–H groups in total. The van der Waals surface area contributed by atoms with Crippen LogP contribution < -0.4 is 0 Å². The lowest BCUT2D eigenvalue weighted by molar-refractivity contribution is -0.000553. The van der Waals surface area contributed by atoms with Crippen LogP contribution >= 0.6 is 15.9 Å². The van der Waals surface area contributed by atoms with Crippen molar-refractivity contribution in [3.05, 3.63) is 0 Å². The van der Waals surface area contributed by atoms with Crippen LogP contribution in [0.1, 0.15) is 59.3 Å². The highest BCUT2D eigenvalue weighted by Crippen LogP contribution is 2.36. The molecule has 0 heterocycles. The summed E-state index contributed by atoms with van der Waals surface area (Å²) in [7, 11) is 0. The van der Waals surface area contributed by atoms with E-state index in [-0.39, 0.29) is 0 Å². The number of hydrogen-bond acceptors (Lipinski definition) is 1. The standard InChI is InChI=1S/C14H27BrO/c1-12(6-10-15)7-11-16-13-4-8-14(2,3)9-5-13/h12-13H,4-11H2,1-3H3. The maximum absolute atomic E-state index is 5.98. The van der Waals surface area contributed by atoms with Gasteiger partial charge in [-0.05, 0) is 49.9 Å². The van der Waals surface area contributed by atoms with Crippen molar-refractivity contribution in [1.82, 2.24) is 0 Å². The lowest BCUT2D eigenvalue weighted by atomic mass is 9.76. The lowest BCUT2D eigenvalue weighted by Crippen LogP contribution is -2.27. The first kappa shape index (κ1) is 14.5. The van der Waals surface area contributed by atoms with Gasteiger partial charge in [0, 0.05) is 11.9 Å². The summed E-state index contributed by atoms with van der Waals surface area (Å²) in [4.78, 5) is 0.